The predicted octanol–water partition coefficient (Wildman–Crippen LogP) is 5.05. The van der Waals surface area contributed by atoms with Gasteiger partial charge in [0.25, 0.3) is 5.56 Å². The van der Waals surface area contributed by atoms with Crippen LogP contribution in [0.1, 0.15) is 30.2 Å². The number of rotatable bonds is 5. The second kappa shape index (κ2) is 10.4. The Labute approximate surface area is 236 Å². The molecule has 1 fully saturated rings. The summed E-state index contributed by atoms with van der Waals surface area (Å²) in [5.41, 5.74) is 3.35. The van der Waals surface area contributed by atoms with Crippen molar-refractivity contribution in [3.05, 3.63) is 79.0 Å². The van der Waals surface area contributed by atoms with E-state index in [9.17, 15) is 22.8 Å². The minimum absolute atomic E-state index is 0.151. The number of thiophene rings is 1. The molecular formula is C28H27ClF3N5O2S. The second-order valence-electron chi connectivity index (χ2n) is 10.5. The fourth-order valence-electron chi connectivity index (χ4n) is 5.91. The van der Waals surface area contributed by atoms with Crippen molar-refractivity contribution in [3.63, 3.8) is 0 Å². The van der Waals surface area contributed by atoms with Crippen molar-refractivity contribution in [1.29, 1.82) is 0 Å². The molecule has 0 saturated carbocycles. The molecule has 0 spiro atoms. The number of nitrogens with one attached hydrogen (secondary N) is 1. The molecule has 0 radical (unpaired) electrons. The number of hydrogen-bond acceptors (Lipinski definition) is 6. The highest BCUT2D eigenvalue weighted by Gasteiger charge is 2.32. The van der Waals surface area contributed by atoms with Crippen LogP contribution < -0.4 is 21.5 Å². The molecule has 7 nitrogen and oxygen atoms in total. The molecule has 1 unspecified atom stereocenters. The average molecular weight is 590 g/mol. The summed E-state index contributed by atoms with van der Waals surface area (Å²) in [6.07, 6.45) is 1.05. The van der Waals surface area contributed by atoms with Crippen LogP contribution in [0.5, 0.6) is 0 Å². The number of anilines is 1. The van der Waals surface area contributed by atoms with Crippen LogP contribution in [-0.4, -0.2) is 45.5 Å². The quantitative estimate of drug-likeness (QED) is 0.353. The molecule has 4 aromatic rings. The number of aromatic nitrogens is 3. The van der Waals surface area contributed by atoms with Crippen molar-refractivity contribution in [3.8, 4) is 11.1 Å². The first kappa shape index (κ1) is 27.0. The number of benzene rings is 1. The van der Waals surface area contributed by atoms with E-state index in [0.717, 1.165) is 65.0 Å². The van der Waals surface area contributed by atoms with Gasteiger partial charge in [-0.15, -0.1) is 11.3 Å². The number of halogens is 4. The second-order valence-corrected chi connectivity index (χ2v) is 12.1. The third-order valence-corrected chi connectivity index (χ3v) is 8.97. The summed E-state index contributed by atoms with van der Waals surface area (Å²) in [5.74, 6) is 0. The highest BCUT2D eigenvalue weighted by molar-refractivity contribution is 7.19. The Morgan fingerprint density at radius 1 is 1.18 bits per heavy atom. The molecule has 3 aromatic heterocycles. The van der Waals surface area contributed by atoms with Crippen LogP contribution in [0, 0.1) is 0 Å². The monoisotopic (exact) mass is 589 g/mol. The van der Waals surface area contributed by atoms with Gasteiger partial charge in [0, 0.05) is 70.3 Å². The van der Waals surface area contributed by atoms with Crippen molar-refractivity contribution in [1.82, 2.24) is 19.4 Å². The van der Waals surface area contributed by atoms with E-state index in [0.29, 0.717) is 32.1 Å². The SMILES string of the molecule is C[C@@H]1CC(N2CCCc3cc(Cl)cc(-c4ccnc5cc(Cn6c(=O)ccn(CC(F)(F)F)c6=O)sc45)c32)CN1. The lowest BCUT2D eigenvalue weighted by Gasteiger charge is -2.38. The van der Waals surface area contributed by atoms with Gasteiger partial charge in [-0.05, 0) is 56.0 Å². The molecule has 5 heterocycles. The van der Waals surface area contributed by atoms with E-state index in [1.165, 1.54) is 22.6 Å². The van der Waals surface area contributed by atoms with Crippen molar-refractivity contribution < 1.29 is 13.2 Å². The van der Waals surface area contributed by atoms with Gasteiger partial charge < -0.3 is 10.2 Å². The Morgan fingerprint density at radius 2 is 2.00 bits per heavy atom. The van der Waals surface area contributed by atoms with Gasteiger partial charge in [0.2, 0.25) is 0 Å². The molecule has 12 heteroatoms. The maximum absolute atomic E-state index is 12.9. The molecule has 1 N–H and O–H groups in total. The lowest BCUT2D eigenvalue weighted by atomic mass is 9.92. The smallest absolute Gasteiger partial charge is 0.366 e. The van der Waals surface area contributed by atoms with E-state index in [-0.39, 0.29) is 6.54 Å². The van der Waals surface area contributed by atoms with Gasteiger partial charge in [0.05, 0.1) is 16.8 Å². The van der Waals surface area contributed by atoms with Gasteiger partial charge in [0.15, 0.2) is 0 Å². The zero-order valence-electron chi connectivity index (χ0n) is 21.7. The number of hydrogen-bond donors (Lipinski definition) is 1. The molecule has 0 aliphatic carbocycles. The third-order valence-electron chi connectivity index (χ3n) is 7.61. The Bertz CT molecular complexity index is 1710. The largest absolute Gasteiger partial charge is 0.406 e. The van der Waals surface area contributed by atoms with Gasteiger partial charge in [0.1, 0.15) is 6.54 Å². The van der Waals surface area contributed by atoms with E-state index >= 15 is 0 Å². The van der Waals surface area contributed by atoms with Crippen LogP contribution in [0.2, 0.25) is 5.02 Å². The van der Waals surface area contributed by atoms with Gasteiger partial charge in [-0.25, -0.2) is 4.79 Å². The molecule has 40 heavy (non-hydrogen) atoms. The summed E-state index contributed by atoms with van der Waals surface area (Å²) in [4.78, 5) is 32.9. The Morgan fingerprint density at radius 3 is 2.75 bits per heavy atom. The first-order valence-electron chi connectivity index (χ1n) is 13.1. The fraction of sp³-hybridized carbons (Fsp3) is 0.393. The van der Waals surface area contributed by atoms with E-state index in [4.69, 9.17) is 11.6 Å². The van der Waals surface area contributed by atoms with Crippen molar-refractivity contribution in [2.45, 2.75) is 57.5 Å². The van der Waals surface area contributed by atoms with E-state index in [1.54, 1.807) is 12.3 Å². The van der Waals surface area contributed by atoms with Crippen molar-refractivity contribution >= 4 is 38.8 Å². The van der Waals surface area contributed by atoms with Crippen LogP contribution in [0.25, 0.3) is 21.3 Å². The third kappa shape index (κ3) is 5.17. The Kier molecular flexibility index (Phi) is 7.00. The number of nitrogens with zero attached hydrogens (tertiary/aromatic N) is 4. The van der Waals surface area contributed by atoms with Crippen molar-refractivity contribution in [2.24, 2.45) is 0 Å². The van der Waals surface area contributed by atoms with Gasteiger partial charge in [-0.2, -0.15) is 13.2 Å². The topological polar surface area (TPSA) is 72.2 Å². The van der Waals surface area contributed by atoms with E-state index in [2.05, 4.69) is 22.1 Å². The lowest BCUT2D eigenvalue weighted by Crippen LogP contribution is -2.41. The maximum Gasteiger partial charge on any atom is 0.406 e. The molecule has 0 amide bonds. The minimum atomic E-state index is -4.58. The molecule has 2 aliphatic heterocycles. The number of fused-ring (bicyclic) bond motifs is 2. The zero-order chi connectivity index (χ0) is 28.2. The fourth-order valence-corrected chi connectivity index (χ4v) is 7.28. The van der Waals surface area contributed by atoms with Gasteiger partial charge >= 0.3 is 11.9 Å². The van der Waals surface area contributed by atoms with Crippen LogP contribution in [-0.2, 0) is 19.5 Å². The summed E-state index contributed by atoms with van der Waals surface area (Å²) in [5, 5.41) is 4.21. The van der Waals surface area contributed by atoms with Gasteiger partial charge in [-0.3, -0.25) is 18.9 Å². The average Bonchev–Trinajstić information content (AvgIpc) is 3.52. The molecule has 1 aromatic carbocycles. The first-order chi connectivity index (χ1) is 19.1. The molecule has 2 aliphatic rings. The highest BCUT2D eigenvalue weighted by Crippen LogP contribution is 2.44. The summed E-state index contributed by atoms with van der Waals surface area (Å²) in [6, 6.07) is 9.56. The lowest BCUT2D eigenvalue weighted by molar-refractivity contribution is -0.141. The van der Waals surface area contributed by atoms with Crippen LogP contribution in [0.3, 0.4) is 0 Å². The Balaban J connectivity index is 1.43. The number of aryl methyl sites for hydroxylation is 1. The van der Waals surface area contributed by atoms with Crippen LogP contribution in [0.4, 0.5) is 18.9 Å². The number of alkyl halides is 3. The predicted molar refractivity (Wildman–Crippen MR) is 152 cm³/mol. The molecule has 2 atom stereocenters. The van der Waals surface area contributed by atoms with E-state index in [1.807, 2.05) is 18.2 Å². The zero-order valence-corrected chi connectivity index (χ0v) is 23.2. The van der Waals surface area contributed by atoms with Crippen molar-refractivity contribution in [2.75, 3.05) is 18.0 Å². The molecule has 0 bridgehead atoms. The minimum Gasteiger partial charge on any atom is -0.366 e. The summed E-state index contributed by atoms with van der Waals surface area (Å²) < 4.78 is 41.0. The molecule has 6 rings (SSSR count). The molecular weight excluding hydrogens is 563 g/mol. The number of pyridine rings is 1. The van der Waals surface area contributed by atoms with Crippen LogP contribution in [0.15, 0.2) is 52.3 Å². The van der Waals surface area contributed by atoms with E-state index < -0.39 is 24.0 Å². The van der Waals surface area contributed by atoms with Gasteiger partial charge in [-0.1, -0.05) is 11.6 Å². The molecule has 1 saturated heterocycles. The maximum atomic E-state index is 12.9. The summed E-state index contributed by atoms with van der Waals surface area (Å²) in [7, 11) is 0. The first-order valence-corrected chi connectivity index (χ1v) is 14.3. The summed E-state index contributed by atoms with van der Waals surface area (Å²) >= 11 is 8.00. The summed E-state index contributed by atoms with van der Waals surface area (Å²) in [6.45, 7) is 2.45. The standard InChI is InChI=1S/C28H27ClF3N5O2S/c1-16-9-19(13-34-16)36-7-2-3-17-10-18(29)11-22(25(17)36)21-4-6-33-23-12-20(40-26(21)23)14-37-24(38)5-8-35(27(37)39)15-28(30,31)32/h4-6,8,10-12,16,19,34H,2-3,7,9,13-15H2,1H3/t16-,19?/m1/s1. The van der Waals surface area contributed by atoms with Crippen LogP contribution >= 0.6 is 22.9 Å². The highest BCUT2D eigenvalue weighted by atomic mass is 35.5. The Hall–Kier alpha value is -3.15. The normalized spacial score (nSPS) is 19.4. The molecule has 210 valence electrons.